The molecule has 0 aliphatic heterocycles. The molecule has 1 aliphatic rings. The lowest BCUT2D eigenvalue weighted by molar-refractivity contribution is -0.184. The normalized spacial score (nSPS) is 21.3. The predicted molar refractivity (Wildman–Crippen MR) is 95.6 cm³/mol. The van der Waals surface area contributed by atoms with Crippen molar-refractivity contribution in [3.63, 3.8) is 0 Å². The molecule has 0 spiro atoms. The van der Waals surface area contributed by atoms with Crippen molar-refractivity contribution < 1.29 is 13.2 Å². The summed E-state index contributed by atoms with van der Waals surface area (Å²) in [5.41, 5.74) is -0.179. The van der Waals surface area contributed by atoms with Crippen molar-refractivity contribution in [1.29, 1.82) is 0 Å². The highest BCUT2D eigenvalue weighted by Crippen LogP contribution is 2.39. The highest BCUT2D eigenvalue weighted by molar-refractivity contribution is 5.69. The van der Waals surface area contributed by atoms with E-state index in [-0.39, 0.29) is 25.3 Å². The number of imidazole rings is 1. The van der Waals surface area contributed by atoms with Gasteiger partial charge in [0.05, 0.1) is 12.2 Å². The van der Waals surface area contributed by atoms with Gasteiger partial charge < -0.3 is 4.57 Å². The molecule has 0 atom stereocenters. The first-order chi connectivity index (χ1) is 12.6. The number of aryl methyl sites for hydroxylation is 1. The summed E-state index contributed by atoms with van der Waals surface area (Å²) in [5.74, 6) is -1.08. The number of nitrogens with zero attached hydrogens (tertiary/aromatic N) is 4. The van der Waals surface area contributed by atoms with Crippen LogP contribution in [0, 0.1) is 17.8 Å². The molecule has 3 rings (SSSR count). The van der Waals surface area contributed by atoms with Gasteiger partial charge in [0, 0.05) is 20.1 Å². The van der Waals surface area contributed by atoms with Crippen molar-refractivity contribution in [2.45, 2.75) is 58.8 Å². The average Bonchev–Trinajstić information content (AvgIpc) is 2.99. The first-order valence-electron chi connectivity index (χ1n) is 9.31. The SMILES string of the molecule is CC(C)Cn1cnc2c1c(=O)n(CC1CCC(C(F)(F)F)CC1)c(=O)n2C. The highest BCUT2D eigenvalue weighted by atomic mass is 19.4. The molecule has 27 heavy (non-hydrogen) atoms. The van der Waals surface area contributed by atoms with Crippen LogP contribution in [0.1, 0.15) is 39.5 Å². The van der Waals surface area contributed by atoms with Crippen LogP contribution < -0.4 is 11.2 Å². The van der Waals surface area contributed by atoms with Crippen molar-refractivity contribution in [3.05, 3.63) is 27.2 Å². The van der Waals surface area contributed by atoms with E-state index in [0.29, 0.717) is 36.5 Å². The van der Waals surface area contributed by atoms with Gasteiger partial charge in [-0.25, -0.2) is 9.78 Å². The maximum Gasteiger partial charge on any atom is 0.391 e. The van der Waals surface area contributed by atoms with Gasteiger partial charge in [-0.3, -0.25) is 13.9 Å². The van der Waals surface area contributed by atoms with Crippen LogP contribution in [-0.4, -0.2) is 24.9 Å². The number of halogens is 3. The average molecular weight is 386 g/mol. The fourth-order valence-corrected chi connectivity index (χ4v) is 3.95. The van der Waals surface area contributed by atoms with Crippen molar-refractivity contribution >= 4 is 11.2 Å². The number of alkyl halides is 3. The molecule has 2 heterocycles. The Morgan fingerprint density at radius 1 is 1.19 bits per heavy atom. The molecule has 0 saturated heterocycles. The van der Waals surface area contributed by atoms with Crippen LogP contribution in [0.3, 0.4) is 0 Å². The summed E-state index contributed by atoms with van der Waals surface area (Å²) < 4.78 is 42.8. The molecule has 0 N–H and O–H groups in total. The van der Waals surface area contributed by atoms with Crippen molar-refractivity contribution in [2.75, 3.05) is 0 Å². The van der Waals surface area contributed by atoms with E-state index < -0.39 is 23.3 Å². The maximum absolute atomic E-state index is 13.0. The fourth-order valence-electron chi connectivity index (χ4n) is 3.95. The van der Waals surface area contributed by atoms with E-state index in [1.54, 1.807) is 17.9 Å². The van der Waals surface area contributed by atoms with E-state index in [9.17, 15) is 22.8 Å². The molecule has 0 radical (unpaired) electrons. The topological polar surface area (TPSA) is 61.8 Å². The number of aromatic nitrogens is 4. The zero-order chi connectivity index (χ0) is 19.9. The van der Waals surface area contributed by atoms with Crippen LogP contribution in [0.4, 0.5) is 13.2 Å². The Bertz CT molecular complexity index is 931. The van der Waals surface area contributed by atoms with E-state index >= 15 is 0 Å². The standard InChI is InChI=1S/C18H25F3N4O2/c1-11(2)8-24-10-22-15-14(24)16(26)25(17(27)23(15)3)9-12-4-6-13(7-5-12)18(19,20)21/h10-13H,4-9H2,1-3H3. The van der Waals surface area contributed by atoms with Crippen LogP contribution in [0.2, 0.25) is 0 Å². The fraction of sp³-hybridized carbons (Fsp3) is 0.722. The van der Waals surface area contributed by atoms with Crippen molar-refractivity contribution in [1.82, 2.24) is 18.7 Å². The van der Waals surface area contributed by atoms with Crippen molar-refractivity contribution in [3.8, 4) is 0 Å². The molecular formula is C18H25F3N4O2. The summed E-state index contributed by atoms with van der Waals surface area (Å²) >= 11 is 0. The Kier molecular flexibility index (Phi) is 5.22. The lowest BCUT2D eigenvalue weighted by Gasteiger charge is -2.30. The zero-order valence-electron chi connectivity index (χ0n) is 15.8. The van der Waals surface area contributed by atoms with Crippen LogP contribution in [0.15, 0.2) is 15.9 Å². The summed E-state index contributed by atoms with van der Waals surface area (Å²) in [6.07, 6.45) is -1.77. The van der Waals surface area contributed by atoms with Gasteiger partial charge >= 0.3 is 11.9 Å². The lowest BCUT2D eigenvalue weighted by Crippen LogP contribution is -2.42. The van der Waals surface area contributed by atoms with Gasteiger partial charge in [-0.2, -0.15) is 13.2 Å². The van der Waals surface area contributed by atoms with Gasteiger partial charge in [-0.05, 0) is 37.5 Å². The number of hydrogen-bond acceptors (Lipinski definition) is 3. The van der Waals surface area contributed by atoms with Gasteiger partial charge in [0.1, 0.15) is 0 Å². The largest absolute Gasteiger partial charge is 0.391 e. The Labute approximate surface area is 154 Å². The van der Waals surface area contributed by atoms with Gasteiger partial charge in [-0.1, -0.05) is 13.8 Å². The summed E-state index contributed by atoms with van der Waals surface area (Å²) in [6.45, 7) is 4.79. The Morgan fingerprint density at radius 2 is 1.81 bits per heavy atom. The Hall–Kier alpha value is -2.06. The van der Waals surface area contributed by atoms with Crippen LogP contribution >= 0.6 is 0 Å². The monoisotopic (exact) mass is 386 g/mol. The van der Waals surface area contributed by atoms with E-state index in [2.05, 4.69) is 4.98 Å². The number of rotatable bonds is 4. The van der Waals surface area contributed by atoms with Gasteiger partial charge in [0.2, 0.25) is 0 Å². The number of fused-ring (bicyclic) bond motifs is 1. The Balaban J connectivity index is 1.91. The maximum atomic E-state index is 13.0. The minimum absolute atomic E-state index is 0.0523. The third kappa shape index (κ3) is 3.82. The highest BCUT2D eigenvalue weighted by Gasteiger charge is 2.41. The zero-order valence-corrected chi connectivity index (χ0v) is 15.8. The van der Waals surface area contributed by atoms with E-state index in [0.717, 1.165) is 0 Å². The molecule has 6 nitrogen and oxygen atoms in total. The molecule has 1 fully saturated rings. The molecule has 2 aromatic rings. The number of hydrogen-bond donors (Lipinski definition) is 0. The van der Waals surface area contributed by atoms with E-state index in [1.807, 2.05) is 13.8 Å². The summed E-state index contributed by atoms with van der Waals surface area (Å²) in [5, 5.41) is 0. The predicted octanol–water partition coefficient (Wildman–Crippen LogP) is 2.92. The molecule has 150 valence electrons. The second-order valence-corrected chi connectivity index (χ2v) is 7.98. The second-order valence-electron chi connectivity index (χ2n) is 7.98. The van der Waals surface area contributed by atoms with E-state index in [4.69, 9.17) is 0 Å². The first kappa shape index (κ1) is 19.7. The summed E-state index contributed by atoms with van der Waals surface area (Å²) in [4.78, 5) is 29.8. The minimum Gasteiger partial charge on any atom is -0.324 e. The van der Waals surface area contributed by atoms with Gasteiger partial charge in [0.15, 0.2) is 11.2 Å². The lowest BCUT2D eigenvalue weighted by atomic mass is 9.81. The van der Waals surface area contributed by atoms with Crippen molar-refractivity contribution in [2.24, 2.45) is 24.8 Å². The molecular weight excluding hydrogens is 361 g/mol. The van der Waals surface area contributed by atoms with Crippen LogP contribution in [0.25, 0.3) is 11.2 Å². The molecule has 1 saturated carbocycles. The second kappa shape index (κ2) is 7.16. The molecule has 0 aromatic carbocycles. The van der Waals surface area contributed by atoms with Gasteiger partial charge in [-0.15, -0.1) is 0 Å². The van der Waals surface area contributed by atoms with E-state index in [1.165, 1.54) is 9.13 Å². The molecule has 2 aromatic heterocycles. The Morgan fingerprint density at radius 3 is 2.37 bits per heavy atom. The molecule has 9 heteroatoms. The minimum atomic E-state index is -4.17. The summed E-state index contributed by atoms with van der Waals surface area (Å²) in [6, 6.07) is 0. The first-order valence-corrected chi connectivity index (χ1v) is 9.31. The third-order valence-electron chi connectivity index (χ3n) is 5.41. The molecule has 0 amide bonds. The molecule has 1 aliphatic carbocycles. The molecule has 0 unspecified atom stereocenters. The smallest absolute Gasteiger partial charge is 0.324 e. The third-order valence-corrected chi connectivity index (χ3v) is 5.41. The quantitative estimate of drug-likeness (QED) is 0.812. The molecule has 0 bridgehead atoms. The summed E-state index contributed by atoms with van der Waals surface area (Å²) in [7, 11) is 1.56. The van der Waals surface area contributed by atoms with Crippen LogP contribution in [-0.2, 0) is 20.1 Å². The van der Waals surface area contributed by atoms with Gasteiger partial charge in [0.25, 0.3) is 5.56 Å². The van der Waals surface area contributed by atoms with Crippen LogP contribution in [0.5, 0.6) is 0 Å².